The van der Waals surface area contributed by atoms with Gasteiger partial charge in [-0.2, -0.15) is 5.26 Å². The number of rotatable bonds is 6. The Balaban J connectivity index is 1.80. The lowest BCUT2D eigenvalue weighted by Crippen LogP contribution is -2.13. The summed E-state index contributed by atoms with van der Waals surface area (Å²) in [7, 11) is 1.34. The topological polar surface area (TPSA) is 81.3 Å². The summed E-state index contributed by atoms with van der Waals surface area (Å²) < 4.78 is 12.2. The minimum atomic E-state index is -0.397. The molecule has 0 bridgehead atoms. The van der Waals surface area contributed by atoms with Crippen LogP contribution in [0.15, 0.2) is 54.6 Å². The lowest BCUT2D eigenvalue weighted by molar-refractivity contribution is 0.0600. The van der Waals surface area contributed by atoms with Gasteiger partial charge in [0.05, 0.1) is 24.3 Å². The Morgan fingerprint density at radius 3 is 2.45 bits per heavy atom. The first-order valence-corrected chi connectivity index (χ1v) is 8.98. The van der Waals surface area contributed by atoms with Crippen LogP contribution in [0.2, 0.25) is 0 Å². The predicted molar refractivity (Wildman–Crippen MR) is 108 cm³/mol. The third-order valence-electron chi connectivity index (χ3n) is 4.61. The fraction of sp³-hybridized carbons (Fsp3) is 0.174. The zero-order valence-electron chi connectivity index (χ0n) is 16.4. The molecule has 29 heavy (non-hydrogen) atoms. The van der Waals surface area contributed by atoms with E-state index < -0.39 is 5.97 Å². The summed E-state index contributed by atoms with van der Waals surface area (Å²) in [5.41, 5.74) is 4.02. The summed E-state index contributed by atoms with van der Waals surface area (Å²) in [6.45, 7) is 3.65. The molecule has 0 saturated carbocycles. The molecule has 0 atom stereocenters. The van der Waals surface area contributed by atoms with E-state index in [1.807, 2.05) is 42.7 Å². The zero-order valence-corrected chi connectivity index (χ0v) is 16.4. The van der Waals surface area contributed by atoms with Crippen LogP contribution in [0.4, 0.5) is 0 Å². The molecular weight excluding hydrogens is 368 g/mol. The maximum Gasteiger partial charge on any atom is 0.337 e. The van der Waals surface area contributed by atoms with E-state index >= 15 is 0 Å². The first-order valence-electron chi connectivity index (χ1n) is 8.98. The fourth-order valence-electron chi connectivity index (χ4n) is 3.19. The number of carbonyl (C=O) groups excluding carboxylic acids is 2. The Hall–Kier alpha value is -3.85. The standard InChI is InChI=1S/C23H20N2O4/c1-15-11-21(22(26)14-29-20-6-4-5-17(12-20)13-24)16(2)25(15)19-9-7-18(8-10-19)23(27)28-3/h4-12H,14H2,1-3H3. The fourth-order valence-corrected chi connectivity index (χ4v) is 3.19. The molecule has 1 heterocycles. The number of hydrogen-bond donors (Lipinski definition) is 0. The molecule has 3 aromatic rings. The molecule has 0 aliphatic rings. The molecule has 6 heteroatoms. The molecule has 146 valence electrons. The molecule has 2 aromatic carbocycles. The van der Waals surface area contributed by atoms with Crippen molar-refractivity contribution in [3.63, 3.8) is 0 Å². The highest BCUT2D eigenvalue weighted by atomic mass is 16.5. The van der Waals surface area contributed by atoms with E-state index in [0.29, 0.717) is 22.4 Å². The molecule has 0 radical (unpaired) electrons. The van der Waals surface area contributed by atoms with Crippen molar-refractivity contribution in [1.29, 1.82) is 5.26 Å². The van der Waals surface area contributed by atoms with E-state index in [1.54, 1.807) is 36.4 Å². The number of nitrogens with zero attached hydrogens (tertiary/aromatic N) is 2. The molecule has 1 aromatic heterocycles. The number of Topliss-reactive ketones (excluding diaryl/α,β-unsaturated/α-hetero) is 1. The zero-order chi connectivity index (χ0) is 21.0. The van der Waals surface area contributed by atoms with Gasteiger partial charge in [0, 0.05) is 22.6 Å². The highest BCUT2D eigenvalue weighted by Crippen LogP contribution is 2.22. The second-order valence-corrected chi connectivity index (χ2v) is 6.51. The van der Waals surface area contributed by atoms with Crippen molar-refractivity contribution in [3.05, 3.63) is 82.7 Å². The number of ketones is 1. The van der Waals surface area contributed by atoms with Crippen molar-refractivity contribution in [3.8, 4) is 17.5 Å². The summed E-state index contributed by atoms with van der Waals surface area (Å²) in [4.78, 5) is 24.3. The Bertz CT molecular complexity index is 1100. The first-order chi connectivity index (χ1) is 13.9. The molecule has 0 aliphatic heterocycles. The molecule has 6 nitrogen and oxygen atoms in total. The van der Waals surface area contributed by atoms with Crippen LogP contribution < -0.4 is 4.74 Å². The minimum absolute atomic E-state index is 0.125. The van der Waals surface area contributed by atoms with Crippen LogP contribution in [0.1, 0.15) is 37.7 Å². The van der Waals surface area contributed by atoms with Crippen molar-refractivity contribution < 1.29 is 19.1 Å². The largest absolute Gasteiger partial charge is 0.485 e. The summed E-state index contributed by atoms with van der Waals surface area (Å²) in [5.74, 6) is -0.0755. The summed E-state index contributed by atoms with van der Waals surface area (Å²) in [6, 6.07) is 17.5. The average Bonchev–Trinajstić information content (AvgIpc) is 3.05. The molecular formula is C23H20N2O4. The molecule has 0 N–H and O–H groups in total. The van der Waals surface area contributed by atoms with E-state index in [2.05, 4.69) is 0 Å². The van der Waals surface area contributed by atoms with Crippen LogP contribution in [0, 0.1) is 25.2 Å². The van der Waals surface area contributed by atoms with Gasteiger partial charge in [-0.3, -0.25) is 4.79 Å². The second kappa shape index (κ2) is 8.44. The first kappa shape index (κ1) is 19.9. The van der Waals surface area contributed by atoms with Crippen LogP contribution >= 0.6 is 0 Å². The van der Waals surface area contributed by atoms with Crippen LogP contribution in [-0.2, 0) is 4.74 Å². The van der Waals surface area contributed by atoms with Gasteiger partial charge in [-0.15, -0.1) is 0 Å². The monoisotopic (exact) mass is 388 g/mol. The Morgan fingerprint density at radius 1 is 1.07 bits per heavy atom. The number of esters is 1. The number of ether oxygens (including phenoxy) is 2. The highest BCUT2D eigenvalue weighted by molar-refractivity contribution is 5.98. The van der Waals surface area contributed by atoms with E-state index in [-0.39, 0.29) is 12.4 Å². The van der Waals surface area contributed by atoms with E-state index in [1.165, 1.54) is 7.11 Å². The van der Waals surface area contributed by atoms with Gasteiger partial charge in [0.15, 0.2) is 6.61 Å². The summed E-state index contributed by atoms with van der Waals surface area (Å²) >= 11 is 0. The number of nitriles is 1. The molecule has 0 spiro atoms. The van der Waals surface area contributed by atoms with Gasteiger partial charge < -0.3 is 14.0 Å². The number of aromatic nitrogens is 1. The lowest BCUT2D eigenvalue weighted by Gasteiger charge is -2.11. The Labute approximate surface area is 168 Å². The Morgan fingerprint density at radius 2 is 1.79 bits per heavy atom. The van der Waals surface area contributed by atoms with E-state index in [4.69, 9.17) is 14.7 Å². The number of aryl methyl sites for hydroxylation is 1. The third kappa shape index (κ3) is 4.19. The van der Waals surface area contributed by atoms with Gasteiger partial charge in [0.25, 0.3) is 0 Å². The molecule has 0 saturated heterocycles. The van der Waals surface area contributed by atoms with E-state index in [0.717, 1.165) is 17.1 Å². The van der Waals surface area contributed by atoms with E-state index in [9.17, 15) is 9.59 Å². The number of hydrogen-bond acceptors (Lipinski definition) is 5. The molecule has 0 amide bonds. The number of carbonyl (C=O) groups is 2. The summed E-state index contributed by atoms with van der Waals surface area (Å²) in [6.07, 6.45) is 0. The third-order valence-corrected chi connectivity index (χ3v) is 4.61. The van der Waals surface area contributed by atoms with Gasteiger partial charge in [-0.25, -0.2) is 4.79 Å². The smallest absolute Gasteiger partial charge is 0.337 e. The normalized spacial score (nSPS) is 10.3. The van der Waals surface area contributed by atoms with Crippen LogP contribution in [0.5, 0.6) is 5.75 Å². The average molecular weight is 388 g/mol. The van der Waals surface area contributed by atoms with Crippen LogP contribution in [-0.4, -0.2) is 30.0 Å². The van der Waals surface area contributed by atoms with Gasteiger partial charge >= 0.3 is 5.97 Å². The predicted octanol–water partition coefficient (Wildman–Crippen LogP) is 4.01. The maximum atomic E-state index is 12.7. The Kier molecular flexibility index (Phi) is 5.79. The van der Waals surface area contributed by atoms with Gasteiger partial charge in [-0.1, -0.05) is 6.07 Å². The van der Waals surface area contributed by atoms with Gasteiger partial charge in [-0.05, 0) is 62.4 Å². The number of methoxy groups -OCH3 is 1. The van der Waals surface area contributed by atoms with Crippen molar-refractivity contribution >= 4 is 11.8 Å². The number of benzene rings is 2. The van der Waals surface area contributed by atoms with Gasteiger partial charge in [0.2, 0.25) is 5.78 Å². The maximum absolute atomic E-state index is 12.7. The molecule has 0 fully saturated rings. The van der Waals surface area contributed by atoms with Crippen LogP contribution in [0.25, 0.3) is 5.69 Å². The van der Waals surface area contributed by atoms with Crippen LogP contribution in [0.3, 0.4) is 0 Å². The lowest BCUT2D eigenvalue weighted by atomic mass is 10.1. The molecule has 0 unspecified atom stereocenters. The second-order valence-electron chi connectivity index (χ2n) is 6.51. The molecule has 3 rings (SSSR count). The minimum Gasteiger partial charge on any atom is -0.485 e. The highest BCUT2D eigenvalue weighted by Gasteiger charge is 2.17. The van der Waals surface area contributed by atoms with Crippen molar-refractivity contribution in [2.75, 3.05) is 13.7 Å². The quantitative estimate of drug-likeness (QED) is 0.471. The molecule has 0 aliphatic carbocycles. The van der Waals surface area contributed by atoms with Gasteiger partial charge in [0.1, 0.15) is 5.75 Å². The van der Waals surface area contributed by atoms with Crippen molar-refractivity contribution in [2.24, 2.45) is 0 Å². The summed E-state index contributed by atoms with van der Waals surface area (Å²) in [5, 5.41) is 8.96. The van der Waals surface area contributed by atoms with Crippen molar-refractivity contribution in [2.45, 2.75) is 13.8 Å². The SMILES string of the molecule is COC(=O)c1ccc(-n2c(C)cc(C(=O)COc3cccc(C#N)c3)c2C)cc1. The van der Waals surface area contributed by atoms with Crippen molar-refractivity contribution in [1.82, 2.24) is 4.57 Å².